The summed E-state index contributed by atoms with van der Waals surface area (Å²) in [4.78, 5) is 79.5. The third kappa shape index (κ3) is 12.9. The lowest BCUT2D eigenvalue weighted by molar-refractivity contribution is -0.383. The minimum atomic E-state index is -1.50. The van der Waals surface area contributed by atoms with Gasteiger partial charge in [0, 0.05) is 37.9 Å². The first-order valence-electron chi connectivity index (χ1n) is 20.6. The Hall–Kier alpha value is -6.32. The quantitative estimate of drug-likeness (QED) is 0.0240. The summed E-state index contributed by atoms with van der Waals surface area (Å²) in [6.45, 7) is 4.14. The van der Waals surface area contributed by atoms with Crippen molar-refractivity contribution in [2.24, 2.45) is 5.73 Å². The monoisotopic (exact) mass is 874 g/mol. The molecule has 0 radical (unpaired) electrons. The number of hydrogen-bond acceptors (Lipinski definition) is 14. The number of nitrogens with one attached hydrogen (secondary N) is 5. The number of nitrogens with zero attached hydrogens (tertiary/aromatic N) is 2. The number of aromatic nitrogens is 1. The molecule has 0 saturated carbocycles. The molecule has 1 saturated heterocycles. The van der Waals surface area contributed by atoms with Crippen LogP contribution in [0.1, 0.15) is 52.0 Å². The molecule has 0 spiro atoms. The highest BCUT2D eigenvalue weighted by Gasteiger charge is 2.48. The number of pyridine rings is 1. The maximum Gasteiger partial charge on any atom is 0.280 e. The topological polar surface area (TPSA) is 296 Å². The van der Waals surface area contributed by atoms with Crippen LogP contribution in [0.25, 0.3) is 21.8 Å². The number of para-hydroxylation sites is 1. The predicted molar refractivity (Wildman–Crippen MR) is 230 cm³/mol. The first-order valence-corrected chi connectivity index (χ1v) is 20.6. The summed E-state index contributed by atoms with van der Waals surface area (Å²) in [6, 6.07) is 17.6. The zero-order chi connectivity index (χ0) is 45.6. The summed E-state index contributed by atoms with van der Waals surface area (Å²) in [6.07, 6.45) is -5.60. The van der Waals surface area contributed by atoms with E-state index in [1.807, 2.05) is 54.6 Å². The lowest BCUT2D eigenvalue weighted by Gasteiger charge is -2.44. The van der Waals surface area contributed by atoms with Crippen molar-refractivity contribution in [1.29, 1.82) is 0 Å². The summed E-state index contributed by atoms with van der Waals surface area (Å²) in [5.74, 6) is -3.34. The summed E-state index contributed by atoms with van der Waals surface area (Å²) in [5, 5.41) is 47.7. The van der Waals surface area contributed by atoms with E-state index in [-0.39, 0.29) is 31.0 Å². The van der Waals surface area contributed by atoms with Gasteiger partial charge < -0.3 is 56.7 Å². The number of carbonyl (C=O) groups is 5. The number of hydrogen-bond donors (Lipinski definition) is 8. The normalized spacial score (nSPS) is 19.9. The van der Waals surface area contributed by atoms with Gasteiger partial charge in [-0.1, -0.05) is 54.6 Å². The molecule has 1 aromatic heterocycles. The first kappa shape index (κ1) is 47.7. The molecule has 1 aliphatic heterocycles. The molecule has 8 atom stereocenters. The number of aliphatic hydroxyl groups is 2. The van der Waals surface area contributed by atoms with Crippen LogP contribution in [-0.2, 0) is 44.8 Å². The third-order valence-electron chi connectivity index (χ3n) is 10.4. The molecule has 4 aromatic rings. The minimum Gasteiger partial charge on any atom is -0.394 e. The number of amides is 5. The molecule has 63 heavy (non-hydrogen) atoms. The fraction of sp³-hybridized carbons (Fsp3) is 0.442. The van der Waals surface area contributed by atoms with Gasteiger partial charge in [0.2, 0.25) is 29.5 Å². The first-order chi connectivity index (χ1) is 30.2. The number of nitrogens with two attached hydrogens (primary N) is 1. The molecule has 20 heteroatoms. The van der Waals surface area contributed by atoms with Gasteiger partial charge in [-0.15, -0.1) is 0 Å². The molecule has 1 fully saturated rings. The number of nitro benzene ring substituents is 1. The van der Waals surface area contributed by atoms with Crippen LogP contribution >= 0.6 is 0 Å². The van der Waals surface area contributed by atoms with Crippen LogP contribution in [0.5, 0.6) is 0 Å². The average Bonchev–Trinajstić information content (AvgIpc) is 3.26. The zero-order valence-corrected chi connectivity index (χ0v) is 35.2. The number of aliphatic hydroxyl groups excluding tert-OH is 2. The van der Waals surface area contributed by atoms with E-state index in [0.717, 1.165) is 10.9 Å². The molecule has 3 aromatic carbocycles. The minimum absolute atomic E-state index is 0.0586. The highest BCUT2D eigenvalue weighted by molar-refractivity contribution is 6.11. The van der Waals surface area contributed by atoms with E-state index in [1.54, 1.807) is 12.1 Å². The van der Waals surface area contributed by atoms with Crippen molar-refractivity contribution in [3.63, 3.8) is 0 Å². The Balaban J connectivity index is 1.07. The van der Waals surface area contributed by atoms with Crippen LogP contribution in [0.2, 0.25) is 0 Å². The van der Waals surface area contributed by atoms with Gasteiger partial charge >= 0.3 is 0 Å². The van der Waals surface area contributed by atoms with Crippen molar-refractivity contribution in [2.75, 3.05) is 25.0 Å². The Morgan fingerprint density at radius 3 is 2.33 bits per heavy atom. The van der Waals surface area contributed by atoms with E-state index in [9.17, 15) is 44.3 Å². The van der Waals surface area contributed by atoms with Gasteiger partial charge in [-0.05, 0) is 50.8 Å². The Bertz CT molecular complexity index is 2250. The van der Waals surface area contributed by atoms with Crippen LogP contribution < -0.4 is 32.3 Å². The third-order valence-corrected chi connectivity index (χ3v) is 10.4. The van der Waals surface area contributed by atoms with E-state index >= 15 is 0 Å². The molecule has 338 valence electrons. The molecule has 1 aliphatic rings. The number of unbranched alkanes of at least 4 members (excludes halogenated alkanes) is 1. The molecule has 2 heterocycles. The average molecular weight is 875 g/mol. The van der Waals surface area contributed by atoms with Gasteiger partial charge in [0.25, 0.3) is 5.69 Å². The van der Waals surface area contributed by atoms with Gasteiger partial charge in [0.05, 0.1) is 34.9 Å². The summed E-state index contributed by atoms with van der Waals surface area (Å²) in [5.41, 5.74) is 8.05. The van der Waals surface area contributed by atoms with E-state index in [2.05, 4.69) is 31.6 Å². The summed E-state index contributed by atoms with van der Waals surface area (Å²) < 4.78 is 17.6. The Kier molecular flexibility index (Phi) is 17.2. The molecular weight excluding hydrogens is 821 g/mol. The fourth-order valence-corrected chi connectivity index (χ4v) is 7.10. The van der Waals surface area contributed by atoms with E-state index in [1.165, 1.54) is 26.8 Å². The van der Waals surface area contributed by atoms with Gasteiger partial charge in [0.1, 0.15) is 47.9 Å². The van der Waals surface area contributed by atoms with Crippen molar-refractivity contribution in [2.45, 2.75) is 102 Å². The molecule has 9 N–H and O–H groups in total. The highest BCUT2D eigenvalue weighted by Crippen LogP contribution is 2.36. The second-order valence-corrected chi connectivity index (χ2v) is 15.1. The molecule has 0 bridgehead atoms. The fourth-order valence-electron chi connectivity index (χ4n) is 7.10. The number of primary amides is 1. The predicted octanol–water partition coefficient (Wildman–Crippen LogP) is 1.43. The Morgan fingerprint density at radius 1 is 0.937 bits per heavy atom. The SMILES string of the molecule is CC(=O)N[C@H]1[C@@H](OCc2ccccc2)O[C@H](CO)[C@@H](O)[C@@H]1OC(C)C(=O)N[C@@H](C)C(=O)N[C@H](CCC(=O)NCCCCNc1c2ccccc2nc2cccc([N+](=O)[O-])c12)C(N)=O. The highest BCUT2D eigenvalue weighted by atomic mass is 16.7. The van der Waals surface area contributed by atoms with Crippen LogP contribution in [-0.4, -0.2) is 118 Å². The van der Waals surface area contributed by atoms with Crippen molar-refractivity contribution >= 4 is 62.7 Å². The van der Waals surface area contributed by atoms with E-state index in [0.29, 0.717) is 48.0 Å². The van der Waals surface area contributed by atoms with Crippen molar-refractivity contribution < 1.29 is 53.3 Å². The van der Waals surface area contributed by atoms with Crippen LogP contribution in [0.3, 0.4) is 0 Å². The second-order valence-electron chi connectivity index (χ2n) is 15.1. The van der Waals surface area contributed by atoms with Gasteiger partial charge in [-0.25, -0.2) is 4.98 Å². The molecular formula is C43H54N8O12. The standard InChI is InChI=1S/C43H54N8O12/c1-24(47-42(58)25(2)62-39-37(48-26(3)53)43(63-33(22-52)38(39)55)61-23-27-12-5-4-6-13-27)41(57)50-31(40(44)56)18-19-34(54)45-20-9-10-21-46-36-28-14-7-8-15-29(28)49-30-16-11-17-32(35(30)36)51(59)60/h4-8,11-17,24-25,31,33,37-39,43,52,55H,9-10,18-23H2,1-3H3,(H2,44,56)(H,45,54)(H,46,49)(H,47,58)(H,48,53)(H,50,57)/t24-,25?,31+,33+,37+,38+,39+,43-/m0/s1. The lowest BCUT2D eigenvalue weighted by atomic mass is 9.96. The van der Waals surface area contributed by atoms with E-state index in [4.69, 9.17) is 19.9 Å². The number of carbonyl (C=O) groups excluding carboxylic acids is 5. The zero-order valence-electron chi connectivity index (χ0n) is 35.2. The number of anilines is 1. The van der Waals surface area contributed by atoms with Crippen molar-refractivity contribution in [1.82, 2.24) is 26.3 Å². The van der Waals surface area contributed by atoms with Gasteiger partial charge in [-0.2, -0.15) is 0 Å². The maximum absolute atomic E-state index is 13.3. The molecule has 20 nitrogen and oxygen atoms in total. The van der Waals surface area contributed by atoms with Crippen LogP contribution in [0.4, 0.5) is 11.4 Å². The maximum atomic E-state index is 13.3. The number of fused-ring (bicyclic) bond motifs is 2. The number of benzene rings is 3. The molecule has 0 aliphatic carbocycles. The lowest BCUT2D eigenvalue weighted by Crippen LogP contribution is -2.66. The van der Waals surface area contributed by atoms with Crippen LogP contribution in [0.15, 0.2) is 72.8 Å². The molecule has 5 amide bonds. The Morgan fingerprint density at radius 2 is 1.63 bits per heavy atom. The largest absolute Gasteiger partial charge is 0.394 e. The Labute approximate surface area is 362 Å². The van der Waals surface area contributed by atoms with Gasteiger partial charge in [-0.3, -0.25) is 34.1 Å². The number of rotatable bonds is 22. The smallest absolute Gasteiger partial charge is 0.280 e. The van der Waals surface area contributed by atoms with E-state index < -0.39 is 84.0 Å². The van der Waals surface area contributed by atoms with Crippen molar-refractivity contribution in [3.8, 4) is 0 Å². The number of ether oxygens (including phenoxy) is 3. The molecule has 1 unspecified atom stereocenters. The van der Waals surface area contributed by atoms with Crippen LogP contribution in [0, 0.1) is 10.1 Å². The molecule has 5 rings (SSSR count). The summed E-state index contributed by atoms with van der Waals surface area (Å²) in [7, 11) is 0. The van der Waals surface area contributed by atoms with Crippen molar-refractivity contribution in [3.05, 3.63) is 88.5 Å². The number of non-ortho nitro benzene ring substituents is 1. The number of nitro groups is 1. The second kappa shape index (κ2) is 22.7. The summed E-state index contributed by atoms with van der Waals surface area (Å²) >= 11 is 0. The van der Waals surface area contributed by atoms with Gasteiger partial charge in [0.15, 0.2) is 6.29 Å².